The fourth-order valence-electron chi connectivity index (χ4n) is 2.74. The molecule has 0 N–H and O–H groups in total. The van der Waals surface area contributed by atoms with Gasteiger partial charge in [0, 0.05) is 38.6 Å². The lowest BCUT2D eigenvalue weighted by Gasteiger charge is -2.34. The van der Waals surface area contributed by atoms with E-state index in [9.17, 15) is 4.79 Å². The van der Waals surface area contributed by atoms with Crippen molar-refractivity contribution in [2.75, 3.05) is 46.4 Å². The maximum atomic E-state index is 12.0. The third-order valence-electron chi connectivity index (χ3n) is 4.35. The molecular formula is C17H24N2O3. The van der Waals surface area contributed by atoms with Crippen molar-refractivity contribution < 1.29 is 14.3 Å². The second-order valence-corrected chi connectivity index (χ2v) is 5.97. The molecule has 1 aliphatic carbocycles. The molecule has 0 bridgehead atoms. The molecule has 1 saturated carbocycles. The van der Waals surface area contributed by atoms with Crippen molar-refractivity contribution in [2.24, 2.45) is 5.92 Å². The zero-order valence-electron chi connectivity index (χ0n) is 13.2. The van der Waals surface area contributed by atoms with E-state index in [1.165, 1.54) is 0 Å². The van der Waals surface area contributed by atoms with E-state index in [1.807, 2.05) is 29.2 Å². The van der Waals surface area contributed by atoms with Gasteiger partial charge in [0.15, 0.2) is 0 Å². The summed E-state index contributed by atoms with van der Waals surface area (Å²) in [7, 11) is 1.66. The van der Waals surface area contributed by atoms with Crippen LogP contribution in [0.5, 0.6) is 11.5 Å². The van der Waals surface area contributed by atoms with Gasteiger partial charge >= 0.3 is 0 Å². The molecule has 2 aliphatic rings. The zero-order valence-corrected chi connectivity index (χ0v) is 13.2. The minimum absolute atomic E-state index is 0.338. The highest BCUT2D eigenvalue weighted by Gasteiger charge is 2.34. The lowest BCUT2D eigenvalue weighted by Crippen LogP contribution is -2.50. The third-order valence-corrected chi connectivity index (χ3v) is 4.35. The van der Waals surface area contributed by atoms with Gasteiger partial charge in [-0.1, -0.05) is 0 Å². The predicted octanol–water partition coefficient (Wildman–Crippen LogP) is 1.63. The lowest BCUT2D eigenvalue weighted by molar-refractivity contribution is -0.134. The summed E-state index contributed by atoms with van der Waals surface area (Å²) in [6, 6.07) is 7.64. The molecule has 1 heterocycles. The predicted molar refractivity (Wildman–Crippen MR) is 84.2 cm³/mol. The van der Waals surface area contributed by atoms with Crippen LogP contribution in [0.4, 0.5) is 0 Å². The van der Waals surface area contributed by atoms with E-state index in [2.05, 4.69) is 4.90 Å². The quantitative estimate of drug-likeness (QED) is 0.801. The molecule has 0 radical (unpaired) electrons. The van der Waals surface area contributed by atoms with Crippen molar-refractivity contribution >= 4 is 5.91 Å². The highest BCUT2D eigenvalue weighted by molar-refractivity contribution is 5.81. The number of hydrogen-bond donors (Lipinski definition) is 0. The van der Waals surface area contributed by atoms with Gasteiger partial charge in [-0.15, -0.1) is 0 Å². The van der Waals surface area contributed by atoms with Crippen LogP contribution in [-0.2, 0) is 4.79 Å². The average molecular weight is 304 g/mol. The smallest absolute Gasteiger partial charge is 0.225 e. The standard InChI is InChI=1S/C17H24N2O3/c1-21-15-4-6-16(7-5-15)22-13-12-18-8-10-19(11-9-18)17(20)14-2-3-14/h4-7,14H,2-3,8-13H2,1H3. The average Bonchev–Trinajstić information content (AvgIpc) is 3.40. The Kier molecular flexibility index (Phi) is 4.83. The molecule has 5 nitrogen and oxygen atoms in total. The number of carbonyl (C=O) groups excluding carboxylic acids is 1. The number of nitrogens with zero attached hydrogens (tertiary/aromatic N) is 2. The summed E-state index contributed by atoms with van der Waals surface area (Å²) in [4.78, 5) is 16.4. The summed E-state index contributed by atoms with van der Waals surface area (Å²) in [6.07, 6.45) is 2.18. The molecule has 5 heteroatoms. The van der Waals surface area contributed by atoms with E-state index in [-0.39, 0.29) is 0 Å². The van der Waals surface area contributed by atoms with Crippen molar-refractivity contribution in [3.8, 4) is 11.5 Å². The molecule has 3 rings (SSSR count). The van der Waals surface area contributed by atoms with Crippen LogP contribution in [0.25, 0.3) is 0 Å². The fraction of sp³-hybridized carbons (Fsp3) is 0.588. The summed E-state index contributed by atoms with van der Waals surface area (Å²) < 4.78 is 10.9. The Morgan fingerprint density at radius 3 is 2.32 bits per heavy atom. The number of benzene rings is 1. The van der Waals surface area contributed by atoms with Crippen LogP contribution in [0.2, 0.25) is 0 Å². The summed E-state index contributed by atoms with van der Waals surface area (Å²) in [5, 5.41) is 0. The van der Waals surface area contributed by atoms with E-state index >= 15 is 0 Å². The van der Waals surface area contributed by atoms with Gasteiger partial charge < -0.3 is 14.4 Å². The molecule has 1 amide bonds. The molecular weight excluding hydrogens is 280 g/mol. The minimum atomic E-state index is 0.338. The van der Waals surface area contributed by atoms with Crippen LogP contribution in [0.3, 0.4) is 0 Å². The van der Waals surface area contributed by atoms with Gasteiger partial charge in [0.1, 0.15) is 18.1 Å². The highest BCUT2D eigenvalue weighted by atomic mass is 16.5. The first-order valence-electron chi connectivity index (χ1n) is 8.04. The van der Waals surface area contributed by atoms with Crippen LogP contribution < -0.4 is 9.47 Å². The van der Waals surface area contributed by atoms with Crippen LogP contribution in [-0.4, -0.2) is 62.1 Å². The summed E-state index contributed by atoms with van der Waals surface area (Å²) >= 11 is 0. The molecule has 0 atom stereocenters. The number of ether oxygens (including phenoxy) is 2. The van der Waals surface area contributed by atoms with Gasteiger partial charge in [0.05, 0.1) is 7.11 Å². The maximum absolute atomic E-state index is 12.0. The largest absolute Gasteiger partial charge is 0.497 e. The van der Waals surface area contributed by atoms with Gasteiger partial charge in [-0.3, -0.25) is 9.69 Å². The number of hydrogen-bond acceptors (Lipinski definition) is 4. The van der Waals surface area contributed by atoms with E-state index in [0.29, 0.717) is 18.4 Å². The third kappa shape index (κ3) is 3.91. The number of amides is 1. The van der Waals surface area contributed by atoms with Crippen LogP contribution in [0, 0.1) is 5.92 Å². The van der Waals surface area contributed by atoms with Crippen molar-refractivity contribution in [3.63, 3.8) is 0 Å². The summed E-state index contributed by atoms with van der Waals surface area (Å²) in [5.41, 5.74) is 0. The normalized spacial score (nSPS) is 19.0. The fourth-order valence-corrected chi connectivity index (χ4v) is 2.74. The number of carbonyl (C=O) groups is 1. The molecule has 22 heavy (non-hydrogen) atoms. The molecule has 1 saturated heterocycles. The number of piperazine rings is 1. The number of methoxy groups -OCH3 is 1. The molecule has 1 aliphatic heterocycles. The molecule has 0 aromatic heterocycles. The molecule has 0 unspecified atom stereocenters. The Hall–Kier alpha value is -1.75. The van der Waals surface area contributed by atoms with Crippen molar-refractivity contribution in [1.29, 1.82) is 0 Å². The summed E-state index contributed by atoms with van der Waals surface area (Å²) in [5.74, 6) is 2.41. The number of rotatable bonds is 6. The van der Waals surface area contributed by atoms with Crippen molar-refractivity contribution in [3.05, 3.63) is 24.3 Å². The molecule has 0 spiro atoms. The SMILES string of the molecule is COc1ccc(OCCN2CCN(C(=O)C3CC3)CC2)cc1. The Labute approximate surface area is 131 Å². The highest BCUT2D eigenvalue weighted by Crippen LogP contribution is 2.31. The van der Waals surface area contributed by atoms with Gasteiger partial charge in [-0.25, -0.2) is 0 Å². The lowest BCUT2D eigenvalue weighted by atomic mass is 10.2. The van der Waals surface area contributed by atoms with Crippen molar-refractivity contribution in [1.82, 2.24) is 9.80 Å². The van der Waals surface area contributed by atoms with Gasteiger partial charge in [0.25, 0.3) is 0 Å². The Morgan fingerprint density at radius 2 is 1.73 bits per heavy atom. The molecule has 120 valence electrons. The van der Waals surface area contributed by atoms with Crippen LogP contribution in [0.15, 0.2) is 24.3 Å². The van der Waals surface area contributed by atoms with Gasteiger partial charge in [-0.2, -0.15) is 0 Å². The summed E-state index contributed by atoms with van der Waals surface area (Å²) in [6.45, 7) is 5.19. The Balaban J connectivity index is 1.35. The minimum Gasteiger partial charge on any atom is -0.497 e. The molecule has 2 fully saturated rings. The topological polar surface area (TPSA) is 42.0 Å². The second kappa shape index (κ2) is 7.01. The first kappa shape index (κ1) is 15.2. The van der Waals surface area contributed by atoms with Crippen LogP contribution >= 0.6 is 0 Å². The van der Waals surface area contributed by atoms with Gasteiger partial charge in [0.2, 0.25) is 5.91 Å². The van der Waals surface area contributed by atoms with E-state index in [1.54, 1.807) is 7.11 Å². The zero-order chi connectivity index (χ0) is 15.4. The second-order valence-electron chi connectivity index (χ2n) is 5.97. The molecule has 1 aromatic carbocycles. The first-order valence-corrected chi connectivity index (χ1v) is 8.04. The Morgan fingerprint density at radius 1 is 1.09 bits per heavy atom. The Bertz CT molecular complexity index is 491. The molecule has 1 aromatic rings. The van der Waals surface area contributed by atoms with E-state index < -0.39 is 0 Å². The first-order chi connectivity index (χ1) is 10.8. The monoisotopic (exact) mass is 304 g/mol. The van der Waals surface area contributed by atoms with Gasteiger partial charge in [-0.05, 0) is 37.1 Å². The van der Waals surface area contributed by atoms with Crippen molar-refractivity contribution in [2.45, 2.75) is 12.8 Å². The van der Waals surface area contributed by atoms with Crippen LogP contribution in [0.1, 0.15) is 12.8 Å². The maximum Gasteiger partial charge on any atom is 0.225 e. The van der Waals surface area contributed by atoms with E-state index in [4.69, 9.17) is 9.47 Å². The van der Waals surface area contributed by atoms with E-state index in [0.717, 1.165) is 57.1 Å².